The van der Waals surface area contributed by atoms with E-state index >= 15 is 0 Å². The van der Waals surface area contributed by atoms with Crippen molar-refractivity contribution in [3.05, 3.63) is 12.7 Å². The summed E-state index contributed by atoms with van der Waals surface area (Å²) in [6.07, 6.45) is -0.725. The fraction of sp³-hybridized carbons (Fsp3) is 0.700. The highest BCUT2D eigenvalue weighted by atomic mass is 32.2. The molecule has 7 atom stereocenters. The number of hydrogen-bond donors (Lipinski definition) is 9. The number of rotatable bonds is 27. The molecule has 3 rings (SSSR count). The minimum atomic E-state index is -5.58. The summed E-state index contributed by atoms with van der Waals surface area (Å²) in [5.41, 5.74) is 4.25. The average molecular weight is 922 g/mol. The number of carbonyl (C=O) groups is 4. The second-order valence-electron chi connectivity index (χ2n) is 13.8. The molecule has 0 aromatic carbocycles. The number of amides is 2. The summed E-state index contributed by atoms with van der Waals surface area (Å²) < 4.78 is 62.2. The maximum absolute atomic E-state index is 12.7. The highest BCUT2D eigenvalue weighted by Gasteiger charge is 2.50. The molecule has 2 aromatic heterocycles. The lowest BCUT2D eigenvalue weighted by Gasteiger charge is -2.30. The van der Waals surface area contributed by atoms with Crippen molar-refractivity contribution in [2.75, 3.05) is 37.8 Å². The van der Waals surface area contributed by atoms with Crippen LogP contribution in [0.5, 0.6) is 0 Å². The maximum Gasteiger partial charge on any atom is 0.481 e. The van der Waals surface area contributed by atoms with Gasteiger partial charge in [0, 0.05) is 43.5 Å². The van der Waals surface area contributed by atoms with Gasteiger partial charge < -0.3 is 55.7 Å². The van der Waals surface area contributed by atoms with Gasteiger partial charge in [0.1, 0.15) is 42.5 Å². The van der Waals surface area contributed by atoms with Gasteiger partial charge in [0.05, 0.1) is 19.5 Å². The first kappa shape index (κ1) is 50.6. The summed E-state index contributed by atoms with van der Waals surface area (Å²) in [6, 6.07) is 0. The van der Waals surface area contributed by atoms with E-state index in [-0.39, 0.29) is 41.6 Å². The zero-order chi connectivity index (χ0) is 44.0. The molecule has 1 fully saturated rings. The predicted molar refractivity (Wildman–Crippen MR) is 205 cm³/mol. The molecule has 0 bridgehead atoms. The highest BCUT2D eigenvalue weighted by Crippen LogP contribution is 2.61. The molecular weight excluding hydrogens is 871 g/mol. The van der Waals surface area contributed by atoms with Gasteiger partial charge in [-0.15, -0.1) is 0 Å². The van der Waals surface area contributed by atoms with Crippen LogP contribution >= 0.6 is 35.2 Å². The van der Waals surface area contributed by atoms with Crippen LogP contribution in [0.1, 0.15) is 71.4 Å². The lowest BCUT2D eigenvalue weighted by Crippen LogP contribution is -2.46. The van der Waals surface area contributed by atoms with Crippen LogP contribution in [-0.2, 0) is 55.5 Å². The molecular formula is C30H50N7O18P3S. The topological polar surface area (TPSA) is 381 Å². The summed E-state index contributed by atoms with van der Waals surface area (Å²) in [7, 11) is -16.4. The fourth-order valence-electron chi connectivity index (χ4n) is 5.39. The van der Waals surface area contributed by atoms with Crippen molar-refractivity contribution >= 4 is 75.4 Å². The van der Waals surface area contributed by atoms with E-state index in [1.807, 2.05) is 0 Å². The molecule has 0 radical (unpaired) electrons. The number of unbranched alkanes of at least 4 members (excludes halogenated alkanes) is 5. The number of phosphoric acid groups is 3. The number of nitrogens with one attached hydrogen (secondary N) is 2. The lowest BCUT2D eigenvalue weighted by atomic mass is 9.87. The third-order valence-corrected chi connectivity index (χ3v) is 12.5. The number of aromatic nitrogens is 4. The van der Waals surface area contributed by atoms with Crippen molar-refractivity contribution in [1.29, 1.82) is 0 Å². The van der Waals surface area contributed by atoms with E-state index < -0.39 is 84.6 Å². The van der Waals surface area contributed by atoms with Crippen LogP contribution in [0.2, 0.25) is 0 Å². The number of nitrogen functional groups attached to an aromatic ring is 1. The first-order valence-corrected chi connectivity index (χ1v) is 23.5. The molecule has 10 N–H and O–H groups in total. The third-order valence-electron chi connectivity index (χ3n) is 8.47. The first-order chi connectivity index (χ1) is 27.6. The van der Waals surface area contributed by atoms with Gasteiger partial charge in [-0.05, 0) is 12.8 Å². The number of phosphoric ester groups is 3. The smallest absolute Gasteiger partial charge is 0.386 e. The predicted octanol–water partition coefficient (Wildman–Crippen LogP) is 0.594. The number of thioether (sulfide) groups is 1. The van der Waals surface area contributed by atoms with E-state index in [0.717, 1.165) is 67.4 Å². The van der Waals surface area contributed by atoms with Gasteiger partial charge in [0.2, 0.25) is 11.8 Å². The van der Waals surface area contributed by atoms with E-state index in [9.17, 15) is 62.7 Å². The largest absolute Gasteiger partial charge is 0.481 e. The van der Waals surface area contributed by atoms with Gasteiger partial charge >= 0.3 is 23.5 Å². The van der Waals surface area contributed by atoms with E-state index in [0.29, 0.717) is 18.6 Å². The van der Waals surface area contributed by atoms with Gasteiger partial charge in [-0.2, -0.15) is 4.31 Å². The number of hydrogen-bond acceptors (Lipinski definition) is 19. The Morgan fingerprint density at radius 3 is 2.37 bits per heavy atom. The Kier molecular flexibility index (Phi) is 19.6. The Labute approximate surface area is 341 Å². The van der Waals surface area contributed by atoms with Crippen molar-refractivity contribution < 1.29 is 85.3 Å². The zero-order valence-corrected chi connectivity index (χ0v) is 35.5. The SMILES string of the molecule is CC(C)(COP(=O)(O)OP(=O)(O)OC[C@H]1O[C@@H](n2cnc3c(N)ncnc32)[C@H](O)[C@@H]1OP(=O)(O)O)[C@@H](O)C(=O)NCCC(=O)NCCSC(=O)CCCCCCCC=O. The number of fused-ring (bicyclic) bond motifs is 1. The molecule has 1 aliphatic heterocycles. The minimum Gasteiger partial charge on any atom is -0.386 e. The molecule has 25 nitrogen and oxygen atoms in total. The zero-order valence-electron chi connectivity index (χ0n) is 32.0. The second kappa shape index (κ2) is 22.9. The second-order valence-corrected chi connectivity index (χ2v) is 19.2. The number of anilines is 1. The number of imidazole rings is 1. The number of aliphatic hydroxyl groups excluding tert-OH is 2. The Morgan fingerprint density at radius 1 is 1.00 bits per heavy atom. The Bertz CT molecular complexity index is 1890. The number of nitrogens with zero attached hydrogens (tertiary/aromatic N) is 4. The first-order valence-electron chi connectivity index (χ1n) is 18.0. The molecule has 334 valence electrons. The van der Waals surface area contributed by atoms with Crippen molar-refractivity contribution in [2.45, 2.75) is 95.9 Å². The summed E-state index contributed by atoms with van der Waals surface area (Å²) in [4.78, 5) is 98.0. The Balaban J connectivity index is 1.42. The molecule has 0 saturated carbocycles. The molecule has 2 amide bonds. The number of ether oxygens (including phenoxy) is 1. The van der Waals surface area contributed by atoms with Crippen LogP contribution < -0.4 is 16.4 Å². The molecule has 0 aliphatic carbocycles. The number of nitrogens with two attached hydrogens (primary N) is 1. The highest BCUT2D eigenvalue weighted by molar-refractivity contribution is 8.13. The normalized spacial score (nSPS) is 21.1. The van der Waals surface area contributed by atoms with Gasteiger partial charge in [-0.25, -0.2) is 28.6 Å². The molecule has 2 aromatic rings. The maximum atomic E-state index is 12.7. The van der Waals surface area contributed by atoms with Crippen LogP contribution in [0.3, 0.4) is 0 Å². The number of aliphatic hydroxyl groups is 2. The van der Waals surface area contributed by atoms with Crippen molar-refractivity contribution in [3.8, 4) is 0 Å². The van der Waals surface area contributed by atoms with Crippen molar-refractivity contribution in [3.63, 3.8) is 0 Å². The van der Waals surface area contributed by atoms with Crippen LogP contribution in [-0.4, -0.2) is 129 Å². The van der Waals surface area contributed by atoms with Gasteiger partial charge in [-0.1, -0.05) is 44.9 Å². The molecule has 3 heterocycles. The number of carbonyl (C=O) groups excluding carboxylic acids is 4. The van der Waals surface area contributed by atoms with Crippen LogP contribution in [0.15, 0.2) is 12.7 Å². The van der Waals surface area contributed by atoms with E-state index in [1.54, 1.807) is 0 Å². The van der Waals surface area contributed by atoms with Gasteiger partial charge in [0.25, 0.3) is 0 Å². The van der Waals surface area contributed by atoms with E-state index in [1.165, 1.54) is 13.8 Å². The molecule has 1 aliphatic rings. The molecule has 29 heteroatoms. The molecule has 0 spiro atoms. The standard InChI is InChI=1S/C30H50N7O18P3S/c1-30(2,25(42)28(43)33-11-10-20(39)32-12-14-59-21(40)9-7-5-3-4-6-8-13-38)16-52-58(49,50)55-57(47,48)51-15-19-24(54-56(44,45)46)23(41)29(53-19)37-18-36-22-26(31)34-17-35-27(22)37/h13,17-19,23-25,29,41-42H,3-12,14-16H2,1-2H3,(H,32,39)(H,33,43)(H,47,48)(H,49,50)(H2,31,34,35)(H2,44,45,46)/t19-,23-,24-,25+,29-/m1/s1. The van der Waals surface area contributed by atoms with Crippen LogP contribution in [0.25, 0.3) is 11.2 Å². The summed E-state index contributed by atoms with van der Waals surface area (Å²) in [5, 5.41) is 26.4. The summed E-state index contributed by atoms with van der Waals surface area (Å²) in [5.74, 6) is -1.11. The van der Waals surface area contributed by atoms with Crippen LogP contribution in [0, 0.1) is 5.41 Å². The third kappa shape index (κ3) is 16.9. The molecule has 1 saturated heterocycles. The fourth-order valence-corrected chi connectivity index (χ4v) is 8.94. The van der Waals surface area contributed by atoms with Crippen LogP contribution in [0.4, 0.5) is 5.82 Å². The lowest BCUT2D eigenvalue weighted by molar-refractivity contribution is -0.137. The van der Waals surface area contributed by atoms with E-state index in [2.05, 4.69) is 34.4 Å². The Morgan fingerprint density at radius 2 is 1.68 bits per heavy atom. The average Bonchev–Trinajstić information content (AvgIpc) is 3.71. The number of aldehydes is 1. The van der Waals surface area contributed by atoms with Crippen molar-refractivity contribution in [2.24, 2.45) is 5.41 Å². The summed E-state index contributed by atoms with van der Waals surface area (Å²) >= 11 is 1.10. The van der Waals surface area contributed by atoms with Gasteiger partial charge in [-0.3, -0.25) is 32.5 Å². The minimum absolute atomic E-state index is 0.00377. The van der Waals surface area contributed by atoms with Gasteiger partial charge in [0.15, 0.2) is 22.8 Å². The van der Waals surface area contributed by atoms with Crippen molar-refractivity contribution in [1.82, 2.24) is 30.2 Å². The van der Waals surface area contributed by atoms with E-state index in [4.69, 9.17) is 19.5 Å². The Hall–Kier alpha value is -2.77. The monoisotopic (exact) mass is 921 g/mol. The molecule has 2 unspecified atom stereocenters. The summed E-state index contributed by atoms with van der Waals surface area (Å²) in [6.45, 7) is 0.475. The quantitative estimate of drug-likeness (QED) is 0.0336. The molecule has 59 heavy (non-hydrogen) atoms.